The molecule has 0 aromatic heterocycles. The lowest BCUT2D eigenvalue weighted by Gasteiger charge is -2.37. The first kappa shape index (κ1) is 16.0. The average molecular weight is 290 g/mol. The van der Waals surface area contributed by atoms with Gasteiger partial charge in [-0.3, -0.25) is 4.79 Å². The summed E-state index contributed by atoms with van der Waals surface area (Å²) >= 11 is 0. The van der Waals surface area contributed by atoms with Gasteiger partial charge in [0.1, 0.15) is 0 Å². The highest BCUT2D eigenvalue weighted by Crippen LogP contribution is 2.30. The fourth-order valence-electron chi connectivity index (χ4n) is 3.22. The zero-order valence-corrected chi connectivity index (χ0v) is 12.8. The summed E-state index contributed by atoms with van der Waals surface area (Å²) in [5, 5.41) is 15.8. The molecule has 0 radical (unpaired) electrons. The van der Waals surface area contributed by atoms with Crippen molar-refractivity contribution in [2.75, 3.05) is 13.7 Å². The van der Waals surface area contributed by atoms with Crippen LogP contribution in [0, 0.1) is 0 Å². The van der Waals surface area contributed by atoms with Crippen molar-refractivity contribution in [3.63, 3.8) is 0 Å². The number of nitrogens with one attached hydrogen (secondary N) is 2. The molecule has 0 saturated heterocycles. The monoisotopic (exact) mass is 290 g/mol. The van der Waals surface area contributed by atoms with Crippen LogP contribution in [0.15, 0.2) is 30.3 Å². The summed E-state index contributed by atoms with van der Waals surface area (Å²) in [6, 6.07) is 9.29. The Morgan fingerprint density at radius 2 is 1.90 bits per heavy atom. The lowest BCUT2D eigenvalue weighted by molar-refractivity contribution is -0.124. The van der Waals surface area contributed by atoms with E-state index in [9.17, 15) is 9.90 Å². The molecule has 0 unspecified atom stereocenters. The van der Waals surface area contributed by atoms with Crippen molar-refractivity contribution < 1.29 is 9.90 Å². The van der Waals surface area contributed by atoms with Gasteiger partial charge in [-0.15, -0.1) is 0 Å². The highest BCUT2D eigenvalue weighted by Gasteiger charge is 2.33. The predicted molar refractivity (Wildman–Crippen MR) is 83.9 cm³/mol. The number of benzene rings is 1. The van der Waals surface area contributed by atoms with Gasteiger partial charge in [-0.25, -0.2) is 0 Å². The van der Waals surface area contributed by atoms with Crippen molar-refractivity contribution in [3.05, 3.63) is 35.9 Å². The third-order valence-electron chi connectivity index (χ3n) is 4.56. The van der Waals surface area contributed by atoms with Crippen molar-refractivity contribution in [3.8, 4) is 0 Å². The van der Waals surface area contributed by atoms with E-state index in [1.165, 1.54) is 19.3 Å². The highest BCUT2D eigenvalue weighted by molar-refractivity contribution is 5.77. The average Bonchev–Trinajstić information content (AvgIpc) is 2.54. The Hall–Kier alpha value is -1.39. The third-order valence-corrected chi connectivity index (χ3v) is 4.56. The predicted octanol–water partition coefficient (Wildman–Crippen LogP) is 2.15. The van der Waals surface area contributed by atoms with Crippen LogP contribution in [0.4, 0.5) is 0 Å². The molecule has 116 valence electrons. The SMILES string of the molecule is CNC1(CC(=O)N[C@H](CO)c2ccccc2)CCCCC1. The minimum Gasteiger partial charge on any atom is -0.394 e. The summed E-state index contributed by atoms with van der Waals surface area (Å²) in [4.78, 5) is 12.4. The minimum atomic E-state index is -0.323. The molecule has 21 heavy (non-hydrogen) atoms. The first-order valence-corrected chi connectivity index (χ1v) is 7.83. The summed E-state index contributed by atoms with van der Waals surface area (Å²) in [6.45, 7) is -0.0810. The Labute approximate surface area is 126 Å². The van der Waals surface area contributed by atoms with Crippen molar-refractivity contribution in [1.82, 2.24) is 10.6 Å². The third kappa shape index (κ3) is 4.29. The normalized spacial score (nSPS) is 19.0. The fraction of sp³-hybridized carbons (Fsp3) is 0.588. The summed E-state index contributed by atoms with van der Waals surface area (Å²) in [7, 11) is 1.94. The van der Waals surface area contributed by atoms with Gasteiger partial charge in [-0.2, -0.15) is 0 Å². The van der Waals surface area contributed by atoms with E-state index < -0.39 is 0 Å². The molecule has 1 amide bonds. The molecule has 4 heteroatoms. The van der Waals surface area contributed by atoms with Crippen LogP contribution in [0.2, 0.25) is 0 Å². The van der Waals surface area contributed by atoms with Crippen LogP contribution in [0.3, 0.4) is 0 Å². The molecular weight excluding hydrogens is 264 g/mol. The van der Waals surface area contributed by atoms with Gasteiger partial charge in [0, 0.05) is 12.0 Å². The van der Waals surface area contributed by atoms with E-state index in [0.29, 0.717) is 6.42 Å². The van der Waals surface area contributed by atoms with E-state index in [-0.39, 0.29) is 24.1 Å². The van der Waals surface area contributed by atoms with E-state index in [1.54, 1.807) is 0 Å². The topological polar surface area (TPSA) is 61.4 Å². The molecule has 1 aromatic rings. The van der Waals surface area contributed by atoms with Crippen LogP contribution in [0.25, 0.3) is 0 Å². The second-order valence-electron chi connectivity index (χ2n) is 5.98. The number of hydrogen-bond donors (Lipinski definition) is 3. The van der Waals surface area contributed by atoms with Crippen LogP contribution < -0.4 is 10.6 Å². The van der Waals surface area contributed by atoms with Gasteiger partial charge in [0.15, 0.2) is 0 Å². The molecule has 1 atom stereocenters. The standard InChI is InChI=1S/C17H26N2O2/c1-18-17(10-6-3-7-11-17)12-16(21)19-15(13-20)14-8-4-2-5-9-14/h2,4-5,8-9,15,18,20H,3,6-7,10-13H2,1H3,(H,19,21)/t15-/m1/s1. The van der Waals surface area contributed by atoms with Crippen LogP contribution >= 0.6 is 0 Å². The first-order valence-electron chi connectivity index (χ1n) is 7.83. The Balaban J connectivity index is 1.96. The number of aliphatic hydroxyl groups is 1. The summed E-state index contributed by atoms with van der Waals surface area (Å²) < 4.78 is 0. The number of hydrogen-bond acceptors (Lipinski definition) is 3. The van der Waals surface area contributed by atoms with Gasteiger partial charge in [0.25, 0.3) is 0 Å². The van der Waals surface area contributed by atoms with Crippen LogP contribution in [-0.2, 0) is 4.79 Å². The molecule has 0 bridgehead atoms. The van der Waals surface area contributed by atoms with Crippen LogP contribution in [0.5, 0.6) is 0 Å². The van der Waals surface area contributed by atoms with E-state index in [0.717, 1.165) is 18.4 Å². The number of carbonyl (C=O) groups excluding carboxylic acids is 1. The first-order chi connectivity index (χ1) is 10.2. The van der Waals surface area contributed by atoms with Gasteiger partial charge in [-0.1, -0.05) is 49.6 Å². The molecule has 1 aliphatic rings. The highest BCUT2D eigenvalue weighted by atomic mass is 16.3. The number of carbonyl (C=O) groups is 1. The lowest BCUT2D eigenvalue weighted by Crippen LogP contribution is -2.48. The molecule has 0 aliphatic heterocycles. The molecule has 1 saturated carbocycles. The lowest BCUT2D eigenvalue weighted by atomic mass is 9.79. The number of aliphatic hydroxyl groups excluding tert-OH is 1. The van der Waals surface area contributed by atoms with Gasteiger partial charge < -0.3 is 15.7 Å². The number of amides is 1. The van der Waals surface area contributed by atoms with E-state index in [1.807, 2.05) is 37.4 Å². The van der Waals surface area contributed by atoms with Crippen molar-refractivity contribution in [1.29, 1.82) is 0 Å². The Kier molecular flexibility index (Phi) is 5.76. The second kappa shape index (κ2) is 7.57. The molecular formula is C17H26N2O2. The van der Waals surface area contributed by atoms with Crippen LogP contribution in [-0.4, -0.2) is 30.2 Å². The van der Waals surface area contributed by atoms with Crippen LogP contribution in [0.1, 0.15) is 50.1 Å². The van der Waals surface area contributed by atoms with Crippen molar-refractivity contribution >= 4 is 5.91 Å². The molecule has 1 fully saturated rings. The maximum Gasteiger partial charge on any atom is 0.222 e. The molecule has 4 nitrogen and oxygen atoms in total. The number of rotatable bonds is 6. The van der Waals surface area contributed by atoms with E-state index in [2.05, 4.69) is 10.6 Å². The molecule has 1 aliphatic carbocycles. The minimum absolute atomic E-state index is 0.00848. The van der Waals surface area contributed by atoms with Gasteiger partial charge in [0.2, 0.25) is 5.91 Å². The van der Waals surface area contributed by atoms with Gasteiger partial charge in [-0.05, 0) is 25.5 Å². The maximum absolute atomic E-state index is 12.4. The molecule has 2 rings (SSSR count). The van der Waals surface area contributed by atoms with Crippen molar-refractivity contribution in [2.45, 2.75) is 50.1 Å². The summed E-state index contributed by atoms with van der Waals surface area (Å²) in [5.41, 5.74) is 0.870. The van der Waals surface area contributed by atoms with E-state index >= 15 is 0 Å². The smallest absolute Gasteiger partial charge is 0.222 e. The van der Waals surface area contributed by atoms with E-state index in [4.69, 9.17) is 0 Å². The Morgan fingerprint density at radius 3 is 2.48 bits per heavy atom. The molecule has 0 spiro atoms. The largest absolute Gasteiger partial charge is 0.394 e. The summed E-state index contributed by atoms with van der Waals surface area (Å²) in [6.07, 6.45) is 6.19. The summed E-state index contributed by atoms with van der Waals surface area (Å²) in [5.74, 6) is 0.00848. The second-order valence-corrected chi connectivity index (χ2v) is 5.98. The molecule has 0 heterocycles. The fourth-order valence-corrected chi connectivity index (χ4v) is 3.22. The molecule has 1 aromatic carbocycles. The van der Waals surface area contributed by atoms with Gasteiger partial charge in [0.05, 0.1) is 12.6 Å². The Morgan fingerprint density at radius 1 is 1.24 bits per heavy atom. The van der Waals surface area contributed by atoms with Gasteiger partial charge >= 0.3 is 0 Å². The molecule has 3 N–H and O–H groups in total. The van der Waals surface area contributed by atoms with Crippen molar-refractivity contribution in [2.24, 2.45) is 0 Å². The zero-order valence-electron chi connectivity index (χ0n) is 12.8. The maximum atomic E-state index is 12.4. The zero-order chi connectivity index (χ0) is 15.1. The quantitative estimate of drug-likeness (QED) is 0.752. The Bertz CT molecular complexity index is 441.